The summed E-state index contributed by atoms with van der Waals surface area (Å²) in [6.45, 7) is 5.96. The van der Waals surface area contributed by atoms with Crippen LogP contribution in [0, 0.1) is 6.92 Å². The lowest BCUT2D eigenvalue weighted by Gasteiger charge is -2.08. The van der Waals surface area contributed by atoms with Crippen molar-refractivity contribution in [1.29, 1.82) is 0 Å². The second kappa shape index (κ2) is 6.99. The fourth-order valence-corrected chi connectivity index (χ4v) is 1.92. The number of carbonyl (C=O) groups is 1. The summed E-state index contributed by atoms with van der Waals surface area (Å²) in [4.78, 5) is 19.9. The molecule has 0 aliphatic carbocycles. The van der Waals surface area contributed by atoms with Crippen molar-refractivity contribution in [3.05, 3.63) is 59.0 Å². The number of hydrogen-bond donors (Lipinski definition) is 2. The number of nitrogens with zero attached hydrogens (tertiary/aromatic N) is 2. The first-order valence-electron chi connectivity index (χ1n) is 6.34. The number of amides is 1. The van der Waals surface area contributed by atoms with Gasteiger partial charge in [-0.15, -0.1) is 6.58 Å². The van der Waals surface area contributed by atoms with E-state index in [1.807, 2.05) is 25.1 Å². The Balaban J connectivity index is 2.15. The van der Waals surface area contributed by atoms with Gasteiger partial charge in [-0.05, 0) is 30.7 Å². The van der Waals surface area contributed by atoms with Gasteiger partial charge >= 0.3 is 0 Å². The molecule has 0 radical (unpaired) electrons. The molecule has 1 heterocycles. The van der Waals surface area contributed by atoms with Crippen LogP contribution in [0.2, 0.25) is 0 Å². The molecule has 1 aromatic heterocycles. The highest BCUT2D eigenvalue weighted by Gasteiger charge is 2.08. The van der Waals surface area contributed by atoms with Crippen molar-refractivity contribution >= 4 is 33.3 Å². The zero-order valence-electron chi connectivity index (χ0n) is 11.6. The van der Waals surface area contributed by atoms with E-state index in [1.54, 1.807) is 12.1 Å². The molecule has 2 rings (SSSR count). The minimum absolute atomic E-state index is 0.257. The van der Waals surface area contributed by atoms with Gasteiger partial charge in [-0.2, -0.15) is 0 Å². The Bertz CT molecular complexity index is 672. The lowest BCUT2D eigenvalue weighted by molar-refractivity contribution is 0.0953. The van der Waals surface area contributed by atoms with E-state index in [4.69, 9.17) is 0 Å². The average molecular weight is 347 g/mol. The highest BCUT2D eigenvalue weighted by Crippen LogP contribution is 2.22. The normalized spacial score (nSPS) is 10.0. The second-order valence-corrected chi connectivity index (χ2v) is 5.23. The van der Waals surface area contributed by atoms with Crippen LogP contribution >= 0.6 is 15.9 Å². The van der Waals surface area contributed by atoms with Crippen molar-refractivity contribution in [2.24, 2.45) is 0 Å². The third-order valence-electron chi connectivity index (χ3n) is 2.74. The van der Waals surface area contributed by atoms with Gasteiger partial charge in [-0.25, -0.2) is 9.97 Å². The minimum Gasteiger partial charge on any atom is -0.347 e. The number of carbonyl (C=O) groups excluding carboxylic acids is 1. The van der Waals surface area contributed by atoms with Crippen molar-refractivity contribution in [3.63, 3.8) is 0 Å². The molecule has 2 N–H and O–H groups in total. The summed E-state index contributed by atoms with van der Waals surface area (Å²) in [6, 6.07) is 7.48. The molecule has 2 aromatic rings. The van der Waals surface area contributed by atoms with E-state index >= 15 is 0 Å². The van der Waals surface area contributed by atoms with E-state index in [0.717, 1.165) is 15.7 Å². The molecule has 0 bridgehead atoms. The van der Waals surface area contributed by atoms with Crippen molar-refractivity contribution < 1.29 is 4.79 Å². The molecular weight excluding hydrogens is 332 g/mol. The Labute approximate surface area is 131 Å². The Morgan fingerprint density at radius 2 is 2.19 bits per heavy atom. The van der Waals surface area contributed by atoms with Crippen LogP contribution in [-0.2, 0) is 0 Å². The average Bonchev–Trinajstić information content (AvgIpc) is 2.49. The van der Waals surface area contributed by atoms with E-state index in [9.17, 15) is 4.79 Å². The first-order valence-corrected chi connectivity index (χ1v) is 7.14. The first-order chi connectivity index (χ1) is 10.1. The van der Waals surface area contributed by atoms with Gasteiger partial charge in [0.1, 0.15) is 17.8 Å². The van der Waals surface area contributed by atoms with E-state index in [1.165, 1.54) is 6.33 Å². The molecule has 1 aromatic carbocycles. The summed E-state index contributed by atoms with van der Waals surface area (Å²) in [6.07, 6.45) is 2.97. The van der Waals surface area contributed by atoms with Gasteiger partial charge in [0, 0.05) is 22.8 Å². The van der Waals surface area contributed by atoms with Crippen LogP contribution in [0.3, 0.4) is 0 Å². The smallest absolute Gasteiger partial charge is 0.270 e. The molecule has 6 heteroatoms. The summed E-state index contributed by atoms with van der Waals surface area (Å²) in [7, 11) is 0. The van der Waals surface area contributed by atoms with E-state index in [-0.39, 0.29) is 5.91 Å². The third-order valence-corrected chi connectivity index (χ3v) is 3.63. The van der Waals surface area contributed by atoms with Crippen molar-refractivity contribution in [2.45, 2.75) is 6.92 Å². The summed E-state index contributed by atoms with van der Waals surface area (Å²) in [5, 5.41) is 5.83. The van der Waals surface area contributed by atoms with Crippen molar-refractivity contribution in [3.8, 4) is 0 Å². The van der Waals surface area contributed by atoms with Crippen LogP contribution < -0.4 is 10.6 Å². The molecular formula is C15H15BrN4O. The number of benzene rings is 1. The maximum atomic E-state index is 11.8. The van der Waals surface area contributed by atoms with Crippen molar-refractivity contribution in [2.75, 3.05) is 11.9 Å². The second-order valence-electron chi connectivity index (χ2n) is 4.38. The number of aryl methyl sites for hydroxylation is 1. The highest BCUT2D eigenvalue weighted by molar-refractivity contribution is 9.10. The molecule has 1 amide bonds. The maximum absolute atomic E-state index is 11.8. The molecule has 0 saturated heterocycles. The zero-order valence-corrected chi connectivity index (χ0v) is 13.1. The summed E-state index contributed by atoms with van der Waals surface area (Å²) in [5.41, 5.74) is 2.31. The molecule has 0 atom stereocenters. The Hall–Kier alpha value is -2.21. The van der Waals surface area contributed by atoms with Gasteiger partial charge in [-0.1, -0.05) is 22.0 Å². The topological polar surface area (TPSA) is 66.9 Å². The minimum atomic E-state index is -0.257. The van der Waals surface area contributed by atoms with Crippen LogP contribution in [0.15, 0.2) is 47.7 Å². The molecule has 0 aliphatic rings. The molecule has 0 unspecified atom stereocenters. The first kappa shape index (κ1) is 15.2. The quantitative estimate of drug-likeness (QED) is 0.815. The number of aromatic nitrogens is 2. The number of anilines is 2. The van der Waals surface area contributed by atoms with E-state index in [0.29, 0.717) is 18.1 Å². The number of halogens is 1. The molecule has 0 spiro atoms. The number of nitrogens with one attached hydrogen (secondary N) is 2. The SMILES string of the molecule is C=CCNC(=O)c1cc(Nc2ccc(Br)c(C)c2)ncn1. The van der Waals surface area contributed by atoms with Crippen LogP contribution in [0.1, 0.15) is 16.1 Å². The van der Waals surface area contributed by atoms with Gasteiger partial charge in [0.2, 0.25) is 0 Å². The maximum Gasteiger partial charge on any atom is 0.270 e. The van der Waals surface area contributed by atoms with Crippen LogP contribution in [0.25, 0.3) is 0 Å². The zero-order chi connectivity index (χ0) is 15.2. The Morgan fingerprint density at radius 3 is 2.90 bits per heavy atom. The van der Waals surface area contributed by atoms with E-state index < -0.39 is 0 Å². The predicted octanol–water partition coefficient (Wildman–Crippen LogP) is 3.21. The highest BCUT2D eigenvalue weighted by atomic mass is 79.9. The Morgan fingerprint density at radius 1 is 1.38 bits per heavy atom. The summed E-state index contributed by atoms with van der Waals surface area (Å²) >= 11 is 3.46. The van der Waals surface area contributed by atoms with Crippen molar-refractivity contribution in [1.82, 2.24) is 15.3 Å². The van der Waals surface area contributed by atoms with Gasteiger partial charge in [-0.3, -0.25) is 4.79 Å². The van der Waals surface area contributed by atoms with Gasteiger partial charge in [0.15, 0.2) is 0 Å². The summed E-state index contributed by atoms with van der Waals surface area (Å²) in [5.74, 6) is 0.308. The number of hydrogen-bond acceptors (Lipinski definition) is 4. The summed E-state index contributed by atoms with van der Waals surface area (Å²) < 4.78 is 1.04. The van der Waals surface area contributed by atoms with Gasteiger partial charge < -0.3 is 10.6 Å². The molecule has 0 aliphatic heterocycles. The van der Waals surface area contributed by atoms with E-state index in [2.05, 4.69) is 43.1 Å². The monoisotopic (exact) mass is 346 g/mol. The standard InChI is InChI=1S/C15H15BrN4O/c1-3-6-17-15(21)13-8-14(19-9-18-13)20-11-4-5-12(16)10(2)7-11/h3-5,7-9H,1,6H2,2H3,(H,17,21)(H,18,19,20). The van der Waals surface area contributed by atoms with Crippen LogP contribution in [-0.4, -0.2) is 22.4 Å². The fourth-order valence-electron chi connectivity index (χ4n) is 1.68. The van der Waals surface area contributed by atoms with Gasteiger partial charge in [0.25, 0.3) is 5.91 Å². The molecule has 5 nitrogen and oxygen atoms in total. The number of rotatable bonds is 5. The largest absolute Gasteiger partial charge is 0.347 e. The molecule has 21 heavy (non-hydrogen) atoms. The predicted molar refractivity (Wildman–Crippen MR) is 86.7 cm³/mol. The fraction of sp³-hybridized carbons (Fsp3) is 0.133. The van der Waals surface area contributed by atoms with Crippen LogP contribution in [0.5, 0.6) is 0 Å². The lowest BCUT2D eigenvalue weighted by atomic mass is 10.2. The molecule has 0 saturated carbocycles. The van der Waals surface area contributed by atoms with Crippen LogP contribution in [0.4, 0.5) is 11.5 Å². The Kier molecular flexibility index (Phi) is 5.05. The molecule has 108 valence electrons. The third kappa shape index (κ3) is 4.13. The van der Waals surface area contributed by atoms with Gasteiger partial charge in [0.05, 0.1) is 0 Å². The molecule has 0 fully saturated rings. The lowest BCUT2D eigenvalue weighted by Crippen LogP contribution is -2.24.